The zero-order valence-corrected chi connectivity index (χ0v) is 19.5. The number of nitrogens with zero attached hydrogens (tertiary/aromatic N) is 4. The highest BCUT2D eigenvalue weighted by Crippen LogP contribution is 2.31. The number of carbonyl (C=O) groups is 1. The Morgan fingerprint density at radius 1 is 1.12 bits per heavy atom. The Morgan fingerprint density at radius 3 is 2.70 bits per heavy atom. The lowest BCUT2D eigenvalue weighted by Crippen LogP contribution is -2.30. The second-order valence-electron chi connectivity index (χ2n) is 8.45. The van der Waals surface area contributed by atoms with Crippen molar-refractivity contribution in [3.63, 3.8) is 0 Å². The number of nitrogens with two attached hydrogens (primary N) is 1. The Kier molecular flexibility index (Phi) is 7.57. The van der Waals surface area contributed by atoms with E-state index in [1.807, 2.05) is 30.3 Å². The molecule has 0 bridgehead atoms. The normalized spacial score (nSPS) is 13.3. The van der Waals surface area contributed by atoms with E-state index in [4.69, 9.17) is 20.2 Å². The third-order valence-electron chi connectivity index (χ3n) is 6.20. The smallest absolute Gasteiger partial charge is 0.253 e. The van der Waals surface area contributed by atoms with Crippen molar-refractivity contribution in [3.8, 4) is 0 Å². The van der Waals surface area contributed by atoms with Gasteiger partial charge in [0, 0.05) is 44.9 Å². The molecule has 1 aliphatic rings. The second-order valence-corrected chi connectivity index (χ2v) is 8.45. The van der Waals surface area contributed by atoms with Gasteiger partial charge in [0.15, 0.2) is 5.82 Å². The lowest BCUT2D eigenvalue weighted by Gasteiger charge is -2.19. The first-order valence-corrected chi connectivity index (χ1v) is 11.6. The molecular formula is C25H33N5O3. The fourth-order valence-corrected chi connectivity index (χ4v) is 4.44. The van der Waals surface area contributed by atoms with Crippen molar-refractivity contribution < 1.29 is 14.3 Å². The lowest BCUT2D eigenvalue weighted by molar-refractivity contribution is 0.0685. The summed E-state index contributed by atoms with van der Waals surface area (Å²) in [6, 6.07) is 9.30. The Hall–Kier alpha value is -2.97. The van der Waals surface area contributed by atoms with E-state index in [0.29, 0.717) is 50.7 Å². The molecule has 1 aromatic carbocycles. The van der Waals surface area contributed by atoms with Crippen LogP contribution in [-0.2, 0) is 35.3 Å². The predicted molar refractivity (Wildman–Crippen MR) is 128 cm³/mol. The average molecular weight is 452 g/mol. The van der Waals surface area contributed by atoms with Gasteiger partial charge in [-0.1, -0.05) is 18.2 Å². The maximum absolute atomic E-state index is 12.5. The summed E-state index contributed by atoms with van der Waals surface area (Å²) < 4.78 is 13.5. The molecule has 0 atom stereocenters. The highest BCUT2D eigenvalue weighted by Gasteiger charge is 2.22. The number of nitrogen functional groups attached to an aromatic ring is 1. The van der Waals surface area contributed by atoms with Gasteiger partial charge in [-0.2, -0.15) is 0 Å². The molecule has 8 heteroatoms. The van der Waals surface area contributed by atoms with Crippen LogP contribution in [0.1, 0.15) is 40.3 Å². The van der Waals surface area contributed by atoms with E-state index in [9.17, 15) is 4.79 Å². The highest BCUT2D eigenvalue weighted by atomic mass is 16.5. The Labute approximate surface area is 194 Å². The summed E-state index contributed by atoms with van der Waals surface area (Å²) in [4.78, 5) is 23.7. The van der Waals surface area contributed by atoms with Crippen LogP contribution in [0.2, 0.25) is 0 Å². The summed E-state index contributed by atoms with van der Waals surface area (Å²) in [5, 5.41) is 0. The molecule has 0 aliphatic heterocycles. The molecule has 3 aromatic rings. The number of amides is 1. The van der Waals surface area contributed by atoms with Crippen LogP contribution in [0, 0.1) is 0 Å². The number of aromatic nitrogens is 3. The summed E-state index contributed by atoms with van der Waals surface area (Å²) in [5.74, 6) is 1.44. The van der Waals surface area contributed by atoms with Crippen molar-refractivity contribution >= 4 is 22.8 Å². The molecule has 33 heavy (non-hydrogen) atoms. The molecule has 0 radical (unpaired) electrons. The second kappa shape index (κ2) is 10.8. The molecule has 4 rings (SSSR count). The van der Waals surface area contributed by atoms with Crippen molar-refractivity contribution in [3.05, 3.63) is 53.0 Å². The number of hydrogen-bond donors (Lipinski definition) is 1. The number of ether oxygens (including phenoxy) is 2. The zero-order valence-electron chi connectivity index (χ0n) is 19.5. The van der Waals surface area contributed by atoms with Gasteiger partial charge in [0.1, 0.15) is 11.3 Å². The van der Waals surface area contributed by atoms with Gasteiger partial charge in [0.05, 0.1) is 25.3 Å². The van der Waals surface area contributed by atoms with Crippen LogP contribution in [0.25, 0.3) is 11.0 Å². The maximum atomic E-state index is 12.5. The molecule has 2 N–H and O–H groups in total. The molecule has 2 aromatic heterocycles. The number of pyridine rings is 1. The molecule has 1 amide bonds. The van der Waals surface area contributed by atoms with Crippen molar-refractivity contribution in [1.29, 1.82) is 0 Å². The summed E-state index contributed by atoms with van der Waals surface area (Å²) >= 11 is 0. The number of hydrogen-bond acceptors (Lipinski definition) is 6. The van der Waals surface area contributed by atoms with Gasteiger partial charge in [-0.25, -0.2) is 9.97 Å². The molecule has 2 heterocycles. The summed E-state index contributed by atoms with van der Waals surface area (Å²) in [5.41, 5.74) is 11.2. The molecule has 8 nitrogen and oxygen atoms in total. The summed E-state index contributed by atoms with van der Waals surface area (Å²) in [6.07, 6.45) is 4.97. The molecule has 0 spiro atoms. The van der Waals surface area contributed by atoms with Gasteiger partial charge >= 0.3 is 0 Å². The van der Waals surface area contributed by atoms with Crippen LogP contribution in [-0.4, -0.2) is 65.9 Å². The van der Waals surface area contributed by atoms with Crippen LogP contribution >= 0.6 is 0 Å². The van der Waals surface area contributed by atoms with Crippen LogP contribution in [0.3, 0.4) is 0 Å². The fourth-order valence-electron chi connectivity index (χ4n) is 4.44. The highest BCUT2D eigenvalue weighted by molar-refractivity contribution is 5.94. The Bertz CT molecular complexity index is 1100. The summed E-state index contributed by atoms with van der Waals surface area (Å²) in [7, 11) is 3.49. The quantitative estimate of drug-likeness (QED) is 0.476. The number of imidazole rings is 1. The van der Waals surface area contributed by atoms with Crippen molar-refractivity contribution in [2.45, 2.75) is 38.6 Å². The van der Waals surface area contributed by atoms with Crippen LogP contribution in [0.4, 0.5) is 5.82 Å². The van der Waals surface area contributed by atoms with Crippen molar-refractivity contribution in [1.82, 2.24) is 19.4 Å². The standard InChI is InChI=1S/C25H33N5O3/c1-29(25(31)18-8-4-3-5-9-18)13-16-33-17-14-30-21(12-15-32-2)28-22-23(30)19-10-6-7-11-20(19)27-24(22)26/h3-5,8-9H,6-7,10-17H2,1-2H3,(H2,26,27). The maximum Gasteiger partial charge on any atom is 0.253 e. The van der Waals surface area contributed by atoms with Crippen LogP contribution in [0.15, 0.2) is 30.3 Å². The minimum atomic E-state index is -0.00346. The molecule has 1 aliphatic carbocycles. The SMILES string of the molecule is COCCc1nc2c(N)nc3c(c2n1CCOCCN(C)C(=O)c1ccccc1)CCCC3. The first-order valence-electron chi connectivity index (χ1n) is 11.6. The molecule has 0 saturated heterocycles. The molecule has 0 saturated carbocycles. The van der Waals surface area contributed by atoms with Gasteiger partial charge in [0.25, 0.3) is 5.91 Å². The first kappa shape index (κ1) is 23.2. The monoisotopic (exact) mass is 451 g/mol. The minimum Gasteiger partial charge on any atom is -0.384 e. The van der Waals surface area contributed by atoms with Gasteiger partial charge in [-0.15, -0.1) is 0 Å². The zero-order chi connectivity index (χ0) is 23.2. The van der Waals surface area contributed by atoms with Crippen molar-refractivity contribution in [2.24, 2.45) is 0 Å². The molecule has 0 unspecified atom stereocenters. The van der Waals surface area contributed by atoms with E-state index < -0.39 is 0 Å². The van der Waals surface area contributed by atoms with Crippen molar-refractivity contribution in [2.75, 3.05) is 46.3 Å². The third kappa shape index (κ3) is 5.17. The van der Waals surface area contributed by atoms with E-state index in [2.05, 4.69) is 9.55 Å². The molecular weight excluding hydrogens is 418 g/mol. The predicted octanol–water partition coefficient (Wildman–Crippen LogP) is 2.87. The topological polar surface area (TPSA) is 95.5 Å². The van der Waals surface area contributed by atoms with Crippen LogP contribution in [0.5, 0.6) is 0 Å². The Morgan fingerprint density at radius 2 is 1.91 bits per heavy atom. The van der Waals surface area contributed by atoms with Gasteiger partial charge < -0.3 is 24.7 Å². The number of methoxy groups -OCH3 is 1. The van der Waals surface area contributed by atoms with E-state index in [0.717, 1.165) is 48.2 Å². The third-order valence-corrected chi connectivity index (χ3v) is 6.20. The molecule has 0 fully saturated rings. The van der Waals surface area contributed by atoms with Crippen LogP contribution < -0.4 is 5.73 Å². The van der Waals surface area contributed by atoms with E-state index in [-0.39, 0.29) is 5.91 Å². The average Bonchev–Trinajstić information content (AvgIpc) is 3.21. The number of aryl methyl sites for hydroxylation is 2. The Balaban J connectivity index is 1.43. The van der Waals surface area contributed by atoms with E-state index >= 15 is 0 Å². The number of benzene rings is 1. The molecule has 176 valence electrons. The number of fused-ring (bicyclic) bond motifs is 3. The fraction of sp³-hybridized carbons (Fsp3) is 0.480. The number of anilines is 1. The number of rotatable bonds is 10. The minimum absolute atomic E-state index is 0.00346. The van der Waals surface area contributed by atoms with Gasteiger partial charge in [0.2, 0.25) is 0 Å². The first-order chi connectivity index (χ1) is 16.1. The number of carbonyl (C=O) groups excluding carboxylic acids is 1. The van der Waals surface area contributed by atoms with Gasteiger partial charge in [-0.05, 0) is 43.4 Å². The largest absolute Gasteiger partial charge is 0.384 e. The lowest BCUT2D eigenvalue weighted by atomic mass is 9.95. The van der Waals surface area contributed by atoms with E-state index in [1.54, 1.807) is 19.1 Å². The van der Waals surface area contributed by atoms with E-state index in [1.165, 1.54) is 5.56 Å². The van der Waals surface area contributed by atoms with Gasteiger partial charge in [-0.3, -0.25) is 4.79 Å². The summed E-state index contributed by atoms with van der Waals surface area (Å²) in [6.45, 7) is 2.78. The number of likely N-dealkylation sites (N-methyl/N-ethyl adjacent to an activating group) is 1.